The number of carbonyl (C=O) groups excluding carboxylic acids is 1. The van der Waals surface area contributed by atoms with E-state index in [4.69, 9.17) is 13.9 Å². The lowest BCUT2D eigenvalue weighted by Crippen LogP contribution is -2.22. The second-order valence-electron chi connectivity index (χ2n) is 6.15. The Bertz CT molecular complexity index is 981. The third kappa shape index (κ3) is 5.48. The fraction of sp³-hybridized carbons (Fsp3) is 0.227. The van der Waals surface area contributed by atoms with Gasteiger partial charge in [-0.05, 0) is 49.4 Å². The number of carbonyl (C=O) groups is 1. The van der Waals surface area contributed by atoms with E-state index in [1.54, 1.807) is 43.5 Å². The van der Waals surface area contributed by atoms with Gasteiger partial charge in [0, 0.05) is 17.0 Å². The second kappa shape index (κ2) is 9.93. The maximum atomic E-state index is 12.5. The summed E-state index contributed by atoms with van der Waals surface area (Å²) in [5.74, 6) is 1.96. The predicted octanol–water partition coefficient (Wildman–Crippen LogP) is 3.92. The minimum absolute atomic E-state index is 0.181. The van der Waals surface area contributed by atoms with Gasteiger partial charge in [-0.1, -0.05) is 18.2 Å². The Morgan fingerprint density at radius 2 is 1.83 bits per heavy atom. The highest BCUT2D eigenvalue weighted by molar-refractivity contribution is 7.84. The molecule has 0 aliphatic heterocycles. The van der Waals surface area contributed by atoms with Gasteiger partial charge >= 0.3 is 0 Å². The van der Waals surface area contributed by atoms with Crippen molar-refractivity contribution in [2.45, 2.75) is 24.1 Å². The predicted molar refractivity (Wildman–Crippen MR) is 111 cm³/mol. The van der Waals surface area contributed by atoms with E-state index in [0.29, 0.717) is 29.6 Å². The summed E-state index contributed by atoms with van der Waals surface area (Å²) in [5, 5.41) is 2.82. The van der Waals surface area contributed by atoms with E-state index < -0.39 is 10.8 Å². The molecule has 0 radical (unpaired) electrons. The molecule has 1 amide bonds. The minimum atomic E-state index is -1.28. The van der Waals surface area contributed by atoms with Crippen molar-refractivity contribution in [3.05, 3.63) is 77.7 Å². The number of hydrogen-bond donors (Lipinski definition) is 1. The Morgan fingerprint density at radius 1 is 1.07 bits per heavy atom. The van der Waals surface area contributed by atoms with E-state index in [-0.39, 0.29) is 17.4 Å². The minimum Gasteiger partial charge on any atom is -0.497 e. The highest BCUT2D eigenvalue weighted by Crippen LogP contribution is 2.20. The van der Waals surface area contributed by atoms with Gasteiger partial charge in [-0.3, -0.25) is 9.00 Å². The molecule has 1 heterocycles. The van der Waals surface area contributed by atoms with Gasteiger partial charge in [0.2, 0.25) is 0 Å². The molecule has 0 spiro atoms. The van der Waals surface area contributed by atoms with E-state index >= 15 is 0 Å². The Morgan fingerprint density at radius 3 is 2.55 bits per heavy atom. The van der Waals surface area contributed by atoms with Gasteiger partial charge in [-0.2, -0.15) is 0 Å². The van der Waals surface area contributed by atoms with Gasteiger partial charge < -0.3 is 19.2 Å². The molecule has 1 N–H and O–H groups in total. The zero-order valence-corrected chi connectivity index (χ0v) is 17.2. The lowest BCUT2D eigenvalue weighted by atomic mass is 10.2. The van der Waals surface area contributed by atoms with E-state index in [2.05, 4.69) is 5.32 Å². The average molecular weight is 413 g/mol. The van der Waals surface area contributed by atoms with E-state index in [0.717, 1.165) is 11.3 Å². The summed E-state index contributed by atoms with van der Waals surface area (Å²) in [4.78, 5) is 13.1. The maximum Gasteiger partial charge on any atom is 0.287 e. The molecular formula is C22H23NO5S. The molecule has 6 nitrogen and oxygen atoms in total. The number of benzene rings is 2. The molecular weight excluding hydrogens is 390 g/mol. The Labute approximate surface area is 172 Å². The number of para-hydroxylation sites is 1. The summed E-state index contributed by atoms with van der Waals surface area (Å²) >= 11 is 0. The van der Waals surface area contributed by atoms with Gasteiger partial charge in [0.05, 0.1) is 30.3 Å². The summed E-state index contributed by atoms with van der Waals surface area (Å²) in [6.07, 6.45) is 0. The number of furan rings is 1. The van der Waals surface area contributed by atoms with Crippen molar-refractivity contribution in [2.24, 2.45) is 0 Å². The zero-order chi connectivity index (χ0) is 20.6. The van der Waals surface area contributed by atoms with Crippen LogP contribution in [0, 0.1) is 0 Å². The largest absolute Gasteiger partial charge is 0.497 e. The molecule has 0 aliphatic carbocycles. The molecule has 3 rings (SSSR count). The Balaban J connectivity index is 1.59. The fourth-order valence-electron chi connectivity index (χ4n) is 2.73. The van der Waals surface area contributed by atoms with Crippen LogP contribution in [-0.4, -0.2) is 23.8 Å². The molecule has 0 saturated heterocycles. The third-order valence-corrected chi connectivity index (χ3v) is 5.54. The van der Waals surface area contributed by atoms with Crippen LogP contribution in [0.4, 0.5) is 0 Å². The summed E-state index contributed by atoms with van der Waals surface area (Å²) in [7, 11) is 0.299. The van der Waals surface area contributed by atoms with Crippen molar-refractivity contribution in [1.82, 2.24) is 5.32 Å². The number of nitrogens with one attached hydrogen (secondary N) is 1. The lowest BCUT2D eigenvalue weighted by Gasteiger charge is -2.10. The molecule has 1 aromatic heterocycles. The van der Waals surface area contributed by atoms with Crippen LogP contribution >= 0.6 is 0 Å². The molecule has 0 aliphatic rings. The molecule has 29 heavy (non-hydrogen) atoms. The van der Waals surface area contributed by atoms with E-state index in [1.165, 1.54) is 0 Å². The molecule has 3 aromatic rings. The van der Waals surface area contributed by atoms with Crippen molar-refractivity contribution >= 4 is 16.7 Å². The first-order valence-corrected chi connectivity index (χ1v) is 10.5. The van der Waals surface area contributed by atoms with Crippen molar-refractivity contribution in [2.75, 3.05) is 13.7 Å². The third-order valence-electron chi connectivity index (χ3n) is 4.19. The number of amides is 1. The highest BCUT2D eigenvalue weighted by Gasteiger charge is 2.14. The van der Waals surface area contributed by atoms with Crippen LogP contribution < -0.4 is 14.8 Å². The standard InChI is InChI=1S/C22H23NO5S/c1-3-27-20-7-5-4-6-16(20)14-23-22(24)21-13-10-18(28-21)15-29(25)19-11-8-17(26-2)9-12-19/h4-13H,3,14-15H2,1-2H3,(H,23,24)/t29-/m0/s1. The quantitative estimate of drug-likeness (QED) is 0.575. The summed E-state index contributed by atoms with van der Waals surface area (Å²) in [5.41, 5.74) is 0.884. The molecule has 7 heteroatoms. The van der Waals surface area contributed by atoms with Crippen molar-refractivity contribution < 1.29 is 22.9 Å². The highest BCUT2D eigenvalue weighted by atomic mass is 32.2. The lowest BCUT2D eigenvalue weighted by molar-refractivity contribution is 0.0921. The van der Waals surface area contributed by atoms with Crippen LogP contribution in [0.5, 0.6) is 11.5 Å². The van der Waals surface area contributed by atoms with Gasteiger partial charge in [0.15, 0.2) is 5.76 Å². The molecule has 1 atom stereocenters. The maximum absolute atomic E-state index is 12.5. The first-order chi connectivity index (χ1) is 14.1. The Hall–Kier alpha value is -3.06. The number of methoxy groups -OCH3 is 1. The van der Waals surface area contributed by atoms with Crippen LogP contribution in [0.25, 0.3) is 0 Å². The van der Waals surface area contributed by atoms with E-state index in [1.807, 2.05) is 31.2 Å². The van der Waals surface area contributed by atoms with Crippen molar-refractivity contribution in [3.8, 4) is 11.5 Å². The van der Waals surface area contributed by atoms with Gasteiger partial charge in [0.25, 0.3) is 5.91 Å². The van der Waals surface area contributed by atoms with E-state index in [9.17, 15) is 9.00 Å². The second-order valence-corrected chi connectivity index (χ2v) is 7.61. The summed E-state index contributed by atoms with van der Waals surface area (Å²) in [6.45, 7) is 2.79. The van der Waals surface area contributed by atoms with Crippen LogP contribution in [-0.2, 0) is 23.1 Å². The number of rotatable bonds is 9. The molecule has 0 saturated carbocycles. The van der Waals surface area contributed by atoms with Crippen LogP contribution in [0.2, 0.25) is 0 Å². The zero-order valence-electron chi connectivity index (χ0n) is 16.3. The van der Waals surface area contributed by atoms with Crippen LogP contribution in [0.3, 0.4) is 0 Å². The topological polar surface area (TPSA) is 77.8 Å². The molecule has 0 bridgehead atoms. The SMILES string of the molecule is CCOc1ccccc1CNC(=O)c1ccc(C[S@](=O)c2ccc(OC)cc2)o1. The first kappa shape index (κ1) is 20.7. The fourth-order valence-corrected chi connectivity index (χ4v) is 3.75. The Kier molecular flexibility index (Phi) is 7.08. The number of hydrogen-bond acceptors (Lipinski definition) is 5. The molecule has 2 aromatic carbocycles. The van der Waals surface area contributed by atoms with Crippen molar-refractivity contribution in [3.63, 3.8) is 0 Å². The summed E-state index contributed by atoms with van der Waals surface area (Å²) < 4.78 is 28.8. The van der Waals surface area contributed by atoms with Crippen molar-refractivity contribution in [1.29, 1.82) is 0 Å². The van der Waals surface area contributed by atoms with Gasteiger partial charge in [0.1, 0.15) is 17.3 Å². The van der Waals surface area contributed by atoms with Crippen LogP contribution in [0.15, 0.2) is 70.0 Å². The smallest absolute Gasteiger partial charge is 0.287 e. The normalized spacial score (nSPS) is 11.7. The summed E-state index contributed by atoms with van der Waals surface area (Å²) in [6, 6.07) is 17.8. The molecule has 0 fully saturated rings. The molecule has 0 unspecified atom stereocenters. The van der Waals surface area contributed by atoms with Gasteiger partial charge in [-0.15, -0.1) is 0 Å². The van der Waals surface area contributed by atoms with Gasteiger partial charge in [-0.25, -0.2) is 0 Å². The first-order valence-electron chi connectivity index (χ1n) is 9.20. The average Bonchev–Trinajstić information content (AvgIpc) is 3.21. The monoisotopic (exact) mass is 413 g/mol. The van der Waals surface area contributed by atoms with Crippen LogP contribution in [0.1, 0.15) is 28.8 Å². The molecule has 152 valence electrons. The number of ether oxygens (including phenoxy) is 2.